The van der Waals surface area contributed by atoms with Gasteiger partial charge in [0.25, 0.3) is 0 Å². The van der Waals surface area contributed by atoms with Gasteiger partial charge in [0.2, 0.25) is 0 Å². The molecule has 0 spiro atoms. The van der Waals surface area contributed by atoms with Crippen LogP contribution in [0.5, 0.6) is 0 Å². The molecule has 3 rings (SSSR count). The van der Waals surface area contributed by atoms with Crippen LogP contribution in [0.2, 0.25) is 0 Å². The van der Waals surface area contributed by atoms with Crippen molar-refractivity contribution in [1.29, 1.82) is 0 Å². The van der Waals surface area contributed by atoms with Gasteiger partial charge in [0.1, 0.15) is 4.75 Å². The van der Waals surface area contributed by atoms with Crippen molar-refractivity contribution >= 4 is 22.7 Å². The van der Waals surface area contributed by atoms with E-state index < -0.39 is 11.4 Å². The Hall–Kier alpha value is -0.890. The van der Waals surface area contributed by atoms with Gasteiger partial charge in [-0.15, -0.1) is 16.1 Å². The Bertz CT molecular complexity index is 763. The van der Waals surface area contributed by atoms with Gasteiger partial charge < -0.3 is 9.45 Å². The summed E-state index contributed by atoms with van der Waals surface area (Å²) in [5.74, 6) is 0. The van der Waals surface area contributed by atoms with Gasteiger partial charge in [0.15, 0.2) is 0 Å². The van der Waals surface area contributed by atoms with E-state index in [2.05, 4.69) is 64.9 Å². The Morgan fingerprint density at radius 3 is 2.46 bits per heavy atom. The summed E-state index contributed by atoms with van der Waals surface area (Å²) in [6.07, 6.45) is 0. The SMILES string of the molecule is CC(N[S+]([O-])C(C)(C)C)c1ccc(-c2ccccc2CN2CCN(C)CC2)s1. The van der Waals surface area contributed by atoms with Crippen molar-refractivity contribution in [2.75, 3.05) is 33.2 Å². The Balaban J connectivity index is 1.72. The maximum absolute atomic E-state index is 12.4. The highest BCUT2D eigenvalue weighted by Gasteiger charge is 2.28. The van der Waals surface area contributed by atoms with Crippen molar-refractivity contribution in [2.45, 2.75) is 45.0 Å². The van der Waals surface area contributed by atoms with Crippen molar-refractivity contribution in [2.24, 2.45) is 0 Å². The molecule has 2 unspecified atom stereocenters. The molecule has 154 valence electrons. The molecule has 1 aliphatic heterocycles. The summed E-state index contributed by atoms with van der Waals surface area (Å²) < 4.78 is 15.4. The first-order valence-corrected chi connectivity index (χ1v) is 12.0. The van der Waals surface area contributed by atoms with Gasteiger partial charge >= 0.3 is 0 Å². The van der Waals surface area contributed by atoms with E-state index in [1.54, 1.807) is 11.3 Å². The van der Waals surface area contributed by atoms with Crippen molar-refractivity contribution in [3.05, 3.63) is 46.8 Å². The lowest BCUT2D eigenvalue weighted by molar-refractivity contribution is 0.148. The van der Waals surface area contributed by atoms with Crippen molar-refractivity contribution < 1.29 is 4.55 Å². The molecule has 0 bridgehead atoms. The van der Waals surface area contributed by atoms with E-state index in [-0.39, 0.29) is 10.8 Å². The zero-order chi connectivity index (χ0) is 20.3. The third-order valence-corrected chi connectivity index (χ3v) is 8.15. The second-order valence-electron chi connectivity index (χ2n) is 8.66. The van der Waals surface area contributed by atoms with E-state index in [9.17, 15) is 4.55 Å². The zero-order valence-electron chi connectivity index (χ0n) is 17.7. The highest BCUT2D eigenvalue weighted by Crippen LogP contribution is 2.34. The second kappa shape index (κ2) is 9.28. The molecule has 2 atom stereocenters. The largest absolute Gasteiger partial charge is 0.598 e. The number of piperazine rings is 1. The normalized spacial score (nSPS) is 18.9. The van der Waals surface area contributed by atoms with Crippen LogP contribution in [0.3, 0.4) is 0 Å². The number of benzene rings is 1. The van der Waals surface area contributed by atoms with E-state index in [1.165, 1.54) is 20.9 Å². The number of hydrogen-bond acceptors (Lipinski definition) is 5. The minimum Gasteiger partial charge on any atom is -0.598 e. The minimum absolute atomic E-state index is 0.0728. The van der Waals surface area contributed by atoms with Crippen molar-refractivity contribution in [1.82, 2.24) is 14.5 Å². The summed E-state index contributed by atoms with van der Waals surface area (Å²) in [5.41, 5.74) is 2.71. The highest BCUT2D eigenvalue weighted by atomic mass is 32.2. The standard InChI is InChI=1S/C22H33N3OS2/c1-17(23-28(26)22(2,3)4)20-10-11-21(27-20)19-9-7-6-8-18(19)16-25-14-12-24(5)13-15-25/h6-11,17,23H,12-16H2,1-5H3. The molecule has 0 saturated carbocycles. The van der Waals surface area contributed by atoms with Gasteiger partial charge in [-0.1, -0.05) is 24.3 Å². The Morgan fingerprint density at radius 2 is 1.79 bits per heavy atom. The van der Waals surface area contributed by atoms with E-state index in [1.807, 2.05) is 20.8 Å². The monoisotopic (exact) mass is 419 g/mol. The second-order valence-corrected chi connectivity index (χ2v) is 11.8. The first kappa shape index (κ1) is 21.8. The maximum Gasteiger partial charge on any atom is 0.136 e. The minimum atomic E-state index is -1.07. The fourth-order valence-corrected chi connectivity index (χ4v) is 5.22. The van der Waals surface area contributed by atoms with Crippen LogP contribution in [0.25, 0.3) is 10.4 Å². The molecule has 4 nitrogen and oxygen atoms in total. The van der Waals surface area contributed by atoms with Crippen LogP contribution in [0, 0.1) is 0 Å². The lowest BCUT2D eigenvalue weighted by atomic mass is 10.1. The predicted molar refractivity (Wildman–Crippen MR) is 122 cm³/mol. The summed E-state index contributed by atoms with van der Waals surface area (Å²) >= 11 is 0.730. The predicted octanol–water partition coefficient (Wildman–Crippen LogP) is 4.28. The highest BCUT2D eigenvalue weighted by molar-refractivity contribution is 7.90. The third kappa shape index (κ3) is 5.59. The molecule has 1 saturated heterocycles. The van der Waals surface area contributed by atoms with E-state index in [0.29, 0.717) is 0 Å². The molecule has 2 aromatic rings. The molecular formula is C22H33N3OS2. The van der Waals surface area contributed by atoms with Crippen LogP contribution in [-0.4, -0.2) is 52.3 Å². The average molecular weight is 420 g/mol. The molecule has 2 heterocycles. The van der Waals surface area contributed by atoms with Gasteiger partial charge in [-0.25, -0.2) is 0 Å². The molecule has 6 heteroatoms. The smallest absolute Gasteiger partial charge is 0.136 e. The first-order valence-electron chi connectivity index (χ1n) is 10.0. The van der Waals surface area contributed by atoms with E-state index in [0.717, 1.165) is 32.7 Å². The summed E-state index contributed by atoms with van der Waals surface area (Å²) in [7, 11) is 2.19. The fraction of sp³-hybridized carbons (Fsp3) is 0.545. The molecule has 0 aliphatic carbocycles. The van der Waals surface area contributed by atoms with Crippen LogP contribution in [-0.2, 0) is 17.9 Å². The molecule has 1 aromatic carbocycles. The molecular weight excluding hydrogens is 386 g/mol. The summed E-state index contributed by atoms with van der Waals surface area (Å²) in [4.78, 5) is 7.45. The number of rotatable bonds is 6. The molecule has 28 heavy (non-hydrogen) atoms. The summed E-state index contributed by atoms with van der Waals surface area (Å²) in [5, 5.41) is 0. The quantitative estimate of drug-likeness (QED) is 0.710. The number of hydrogen-bond donors (Lipinski definition) is 1. The molecule has 1 N–H and O–H groups in total. The van der Waals surface area contributed by atoms with Gasteiger partial charge in [0.05, 0.1) is 6.04 Å². The molecule has 0 amide bonds. The number of nitrogens with one attached hydrogen (secondary N) is 1. The lowest BCUT2D eigenvalue weighted by Crippen LogP contribution is -2.43. The van der Waals surface area contributed by atoms with Crippen LogP contribution in [0.1, 0.15) is 44.2 Å². The van der Waals surface area contributed by atoms with Gasteiger partial charge in [-0.3, -0.25) is 4.90 Å². The lowest BCUT2D eigenvalue weighted by Gasteiger charge is -2.32. The van der Waals surface area contributed by atoms with Crippen molar-refractivity contribution in [3.63, 3.8) is 0 Å². The van der Waals surface area contributed by atoms with Crippen LogP contribution in [0.4, 0.5) is 0 Å². The molecule has 1 aliphatic rings. The topological polar surface area (TPSA) is 41.6 Å². The Morgan fingerprint density at radius 1 is 1.11 bits per heavy atom. The molecule has 1 fully saturated rings. The number of nitrogens with zero attached hydrogens (tertiary/aromatic N) is 2. The first-order chi connectivity index (χ1) is 13.2. The third-order valence-electron chi connectivity index (χ3n) is 5.17. The average Bonchev–Trinajstić information content (AvgIpc) is 3.13. The van der Waals surface area contributed by atoms with Crippen LogP contribution >= 0.6 is 11.3 Å². The Kier molecular flexibility index (Phi) is 7.23. The maximum atomic E-state index is 12.4. The van der Waals surface area contributed by atoms with Crippen LogP contribution in [0.15, 0.2) is 36.4 Å². The molecule has 1 aromatic heterocycles. The zero-order valence-corrected chi connectivity index (χ0v) is 19.3. The number of likely N-dealkylation sites (N-methyl/N-ethyl adjacent to an activating group) is 1. The van der Waals surface area contributed by atoms with Gasteiger partial charge in [-0.2, -0.15) is 0 Å². The van der Waals surface area contributed by atoms with Gasteiger partial charge in [-0.05, 0) is 58.0 Å². The fourth-order valence-electron chi connectivity index (χ4n) is 3.27. The number of thiophene rings is 1. The molecule has 0 radical (unpaired) electrons. The van der Waals surface area contributed by atoms with Crippen molar-refractivity contribution in [3.8, 4) is 10.4 Å². The van der Waals surface area contributed by atoms with Crippen LogP contribution < -0.4 is 4.72 Å². The van der Waals surface area contributed by atoms with E-state index in [4.69, 9.17) is 0 Å². The summed E-state index contributed by atoms with van der Waals surface area (Å²) in [6, 6.07) is 13.2. The summed E-state index contributed by atoms with van der Waals surface area (Å²) in [6.45, 7) is 13.6. The Labute approximate surface area is 177 Å². The van der Waals surface area contributed by atoms with Gasteiger partial charge in [0, 0.05) is 53.8 Å². The van der Waals surface area contributed by atoms with E-state index >= 15 is 0 Å².